The molecule has 0 bridgehead atoms. The zero-order valence-corrected chi connectivity index (χ0v) is 13.6. The van der Waals surface area contributed by atoms with Crippen molar-refractivity contribution in [2.45, 2.75) is 19.9 Å². The first-order valence-electron chi connectivity index (χ1n) is 8.37. The van der Waals surface area contributed by atoms with Crippen LogP contribution in [-0.2, 0) is 16.1 Å². The van der Waals surface area contributed by atoms with Crippen LogP contribution in [0.25, 0.3) is 0 Å². The third kappa shape index (κ3) is 3.88. The van der Waals surface area contributed by atoms with Crippen LogP contribution in [0.4, 0.5) is 0 Å². The fraction of sp³-hybridized carbons (Fsp3) is 0.588. The highest BCUT2D eigenvalue weighted by Crippen LogP contribution is 2.40. The molecule has 2 atom stereocenters. The lowest BCUT2D eigenvalue weighted by molar-refractivity contribution is -0.136. The molecule has 1 saturated heterocycles. The number of carbonyl (C=O) groups is 2. The molecule has 2 fully saturated rings. The molecule has 0 radical (unpaired) electrons. The maximum absolute atomic E-state index is 12.5. The molecule has 2 unspecified atom stereocenters. The largest absolute Gasteiger partial charge is 0.350 e. The van der Waals surface area contributed by atoms with Gasteiger partial charge in [-0.15, -0.1) is 0 Å². The smallest absolute Gasteiger partial charge is 0.226 e. The summed E-state index contributed by atoms with van der Waals surface area (Å²) in [6, 6.07) is 5.62. The molecule has 1 aromatic rings. The highest BCUT2D eigenvalue weighted by molar-refractivity contribution is 5.92. The Hall–Kier alpha value is -1.95. The number of nitrogens with one attached hydrogen (secondary N) is 1. The first-order valence-corrected chi connectivity index (χ1v) is 8.37. The van der Waals surface area contributed by atoms with Gasteiger partial charge in [0.1, 0.15) is 0 Å². The van der Waals surface area contributed by atoms with Crippen LogP contribution in [0, 0.1) is 11.8 Å². The van der Waals surface area contributed by atoms with E-state index in [9.17, 15) is 9.59 Å². The molecule has 23 heavy (non-hydrogen) atoms. The van der Waals surface area contributed by atoms with Gasteiger partial charge in [-0.1, -0.05) is 13.0 Å². The van der Waals surface area contributed by atoms with Crippen LogP contribution in [-0.4, -0.2) is 59.3 Å². The molecule has 1 saturated carbocycles. The van der Waals surface area contributed by atoms with Gasteiger partial charge < -0.3 is 15.1 Å². The van der Waals surface area contributed by atoms with Crippen LogP contribution in [0.1, 0.15) is 19.0 Å². The predicted molar refractivity (Wildman–Crippen MR) is 86.4 cm³/mol. The predicted octanol–water partition coefficient (Wildman–Crippen LogP) is 0.498. The van der Waals surface area contributed by atoms with Crippen LogP contribution in [0.3, 0.4) is 0 Å². The molecule has 1 N–H and O–H groups in total. The average molecular weight is 316 g/mol. The van der Waals surface area contributed by atoms with Crippen molar-refractivity contribution >= 4 is 11.8 Å². The number of hydrogen-bond acceptors (Lipinski definition) is 4. The van der Waals surface area contributed by atoms with E-state index in [4.69, 9.17) is 0 Å². The van der Waals surface area contributed by atoms with Gasteiger partial charge in [-0.25, -0.2) is 0 Å². The number of aromatic nitrogens is 1. The lowest BCUT2D eigenvalue weighted by Crippen LogP contribution is -2.49. The van der Waals surface area contributed by atoms with Gasteiger partial charge in [0.25, 0.3) is 0 Å². The van der Waals surface area contributed by atoms with E-state index in [0.717, 1.165) is 38.4 Å². The first-order chi connectivity index (χ1) is 11.2. The van der Waals surface area contributed by atoms with Gasteiger partial charge in [0.15, 0.2) is 0 Å². The Bertz CT molecular complexity index is 555. The van der Waals surface area contributed by atoms with Gasteiger partial charge in [0.05, 0.1) is 24.1 Å². The monoisotopic (exact) mass is 316 g/mol. The molecule has 6 heteroatoms. The summed E-state index contributed by atoms with van der Waals surface area (Å²) in [5.74, 6) is -0.151. The Morgan fingerprint density at radius 1 is 1.22 bits per heavy atom. The summed E-state index contributed by atoms with van der Waals surface area (Å²) in [5.41, 5.74) is 0.833. The molecular formula is C17H24N4O2. The van der Waals surface area contributed by atoms with Crippen LogP contribution >= 0.6 is 0 Å². The summed E-state index contributed by atoms with van der Waals surface area (Å²) in [4.78, 5) is 33.1. The molecule has 1 aliphatic heterocycles. The van der Waals surface area contributed by atoms with Crippen LogP contribution < -0.4 is 5.32 Å². The molecule has 3 rings (SSSR count). The molecule has 0 aromatic carbocycles. The summed E-state index contributed by atoms with van der Waals surface area (Å²) >= 11 is 0. The maximum Gasteiger partial charge on any atom is 0.226 e. The lowest BCUT2D eigenvalue weighted by Gasteiger charge is -2.34. The molecule has 6 nitrogen and oxygen atoms in total. The highest BCUT2D eigenvalue weighted by atomic mass is 16.2. The molecule has 2 amide bonds. The molecule has 124 valence electrons. The Kier molecular flexibility index (Phi) is 4.91. The third-order valence-electron chi connectivity index (χ3n) is 4.75. The van der Waals surface area contributed by atoms with Crippen LogP contribution in [0.2, 0.25) is 0 Å². The van der Waals surface area contributed by atoms with E-state index in [1.54, 1.807) is 6.20 Å². The fourth-order valence-electron chi connectivity index (χ4n) is 3.09. The summed E-state index contributed by atoms with van der Waals surface area (Å²) in [6.45, 7) is 7.03. The highest BCUT2D eigenvalue weighted by Gasteiger charge is 2.49. The van der Waals surface area contributed by atoms with E-state index in [0.29, 0.717) is 13.0 Å². The molecular weight excluding hydrogens is 292 g/mol. The second kappa shape index (κ2) is 7.08. The van der Waals surface area contributed by atoms with E-state index in [1.165, 1.54) is 0 Å². The first kappa shape index (κ1) is 15.9. The molecule has 1 aliphatic carbocycles. The maximum atomic E-state index is 12.5. The van der Waals surface area contributed by atoms with Crippen molar-refractivity contribution in [3.63, 3.8) is 0 Å². The van der Waals surface area contributed by atoms with Crippen molar-refractivity contribution < 1.29 is 9.59 Å². The normalized spacial score (nSPS) is 24.3. The van der Waals surface area contributed by atoms with Crippen molar-refractivity contribution in [1.29, 1.82) is 0 Å². The molecule has 1 aromatic heterocycles. The van der Waals surface area contributed by atoms with E-state index in [2.05, 4.69) is 22.1 Å². The van der Waals surface area contributed by atoms with Crippen molar-refractivity contribution in [3.8, 4) is 0 Å². The van der Waals surface area contributed by atoms with E-state index in [-0.39, 0.29) is 23.7 Å². The summed E-state index contributed by atoms with van der Waals surface area (Å²) in [7, 11) is 0. The number of piperazine rings is 1. The number of rotatable bonds is 5. The number of hydrogen-bond donors (Lipinski definition) is 1. The van der Waals surface area contributed by atoms with Gasteiger partial charge in [0.2, 0.25) is 11.8 Å². The van der Waals surface area contributed by atoms with Crippen molar-refractivity contribution in [3.05, 3.63) is 30.1 Å². The minimum atomic E-state index is -0.157. The minimum Gasteiger partial charge on any atom is -0.350 e. The van der Waals surface area contributed by atoms with Crippen LogP contribution in [0.15, 0.2) is 24.4 Å². The number of carbonyl (C=O) groups excluding carboxylic acids is 2. The van der Waals surface area contributed by atoms with Gasteiger partial charge in [0, 0.05) is 32.4 Å². The SMILES string of the molecule is CCN1CCN(C(=O)C2CC2C(=O)NCc2ccccn2)CC1. The summed E-state index contributed by atoms with van der Waals surface area (Å²) in [5, 5.41) is 2.88. The van der Waals surface area contributed by atoms with E-state index in [1.807, 2.05) is 23.1 Å². The lowest BCUT2D eigenvalue weighted by atomic mass is 10.2. The third-order valence-corrected chi connectivity index (χ3v) is 4.75. The fourth-order valence-corrected chi connectivity index (χ4v) is 3.09. The van der Waals surface area contributed by atoms with Gasteiger partial charge in [-0.2, -0.15) is 0 Å². The Morgan fingerprint density at radius 3 is 2.65 bits per heavy atom. The number of pyridine rings is 1. The van der Waals surface area contributed by atoms with E-state index < -0.39 is 0 Å². The van der Waals surface area contributed by atoms with Crippen molar-refractivity contribution in [2.75, 3.05) is 32.7 Å². The Labute approximate surface area is 136 Å². The molecule has 0 spiro atoms. The van der Waals surface area contributed by atoms with Crippen molar-refractivity contribution in [2.24, 2.45) is 11.8 Å². The van der Waals surface area contributed by atoms with Gasteiger partial charge in [-0.3, -0.25) is 14.6 Å². The van der Waals surface area contributed by atoms with Crippen molar-refractivity contribution in [1.82, 2.24) is 20.1 Å². The number of likely N-dealkylation sites (N-methyl/N-ethyl adjacent to an activating group) is 1. The van der Waals surface area contributed by atoms with Crippen LogP contribution in [0.5, 0.6) is 0 Å². The molecule has 2 heterocycles. The van der Waals surface area contributed by atoms with Gasteiger partial charge in [-0.05, 0) is 25.1 Å². The standard InChI is InChI=1S/C17H24N4O2/c1-2-20-7-9-21(10-8-20)17(23)15-11-14(15)16(22)19-12-13-5-3-4-6-18-13/h3-6,14-15H,2,7-12H2,1H3,(H,19,22). The quantitative estimate of drug-likeness (QED) is 0.859. The number of nitrogens with zero attached hydrogens (tertiary/aromatic N) is 3. The summed E-state index contributed by atoms with van der Waals surface area (Å²) < 4.78 is 0. The molecule has 2 aliphatic rings. The zero-order valence-electron chi connectivity index (χ0n) is 13.6. The summed E-state index contributed by atoms with van der Waals surface area (Å²) in [6.07, 6.45) is 2.39. The Morgan fingerprint density at radius 2 is 2.00 bits per heavy atom. The second-order valence-corrected chi connectivity index (χ2v) is 6.25. The topological polar surface area (TPSA) is 65.5 Å². The average Bonchev–Trinajstić information content (AvgIpc) is 3.41. The number of amides is 2. The van der Waals surface area contributed by atoms with E-state index >= 15 is 0 Å². The van der Waals surface area contributed by atoms with Gasteiger partial charge >= 0.3 is 0 Å². The minimum absolute atomic E-state index is 0.0267. The Balaban J connectivity index is 1.43. The second-order valence-electron chi connectivity index (χ2n) is 6.25. The zero-order chi connectivity index (χ0) is 16.2.